The van der Waals surface area contributed by atoms with Crippen LogP contribution < -0.4 is 11.1 Å². The number of carbonyl (C=O) groups is 1. The number of nitrogen functional groups attached to an aromatic ring is 1. The average molecular weight is 484 g/mol. The van der Waals surface area contributed by atoms with Gasteiger partial charge < -0.3 is 11.1 Å². The third-order valence-corrected chi connectivity index (χ3v) is 7.20. The Morgan fingerprint density at radius 2 is 1.59 bits per heavy atom. The van der Waals surface area contributed by atoms with Gasteiger partial charge in [-0.05, 0) is 54.3 Å². The number of fused-ring (bicyclic) bond motifs is 1. The highest BCUT2D eigenvalue weighted by Gasteiger charge is 2.22. The smallest absolute Gasteiger partial charge is 0.267 e. The minimum atomic E-state index is -0.235. The molecule has 2 heterocycles. The maximum atomic E-state index is 13.3. The van der Waals surface area contributed by atoms with Crippen LogP contribution in [0.1, 0.15) is 20.8 Å². The number of anilines is 2. The number of hydrogen-bond donors (Lipinski definition) is 2. The number of nitrogens with two attached hydrogens (primary N) is 1. The Morgan fingerprint density at radius 1 is 0.912 bits per heavy atom. The Labute approximate surface area is 207 Å². The number of nitrogens with zero attached hydrogens (tertiary/aromatic N) is 1. The molecule has 0 bridgehead atoms. The summed E-state index contributed by atoms with van der Waals surface area (Å²) in [6.45, 7) is 3.95. The molecule has 3 N–H and O–H groups in total. The van der Waals surface area contributed by atoms with Crippen molar-refractivity contribution in [3.05, 3.63) is 99.9 Å². The van der Waals surface area contributed by atoms with Gasteiger partial charge in [-0.2, -0.15) is 0 Å². The van der Waals surface area contributed by atoms with Crippen molar-refractivity contribution in [2.24, 2.45) is 0 Å². The monoisotopic (exact) mass is 483 g/mol. The molecule has 168 valence electrons. The largest absolute Gasteiger partial charge is 0.397 e. The molecule has 0 fully saturated rings. The van der Waals surface area contributed by atoms with Gasteiger partial charge in [0.2, 0.25) is 0 Å². The second kappa shape index (κ2) is 8.93. The van der Waals surface area contributed by atoms with E-state index in [4.69, 9.17) is 22.3 Å². The highest BCUT2D eigenvalue weighted by atomic mass is 35.5. The predicted molar refractivity (Wildman–Crippen MR) is 144 cm³/mol. The molecule has 3 aromatic carbocycles. The number of aromatic nitrogens is 1. The van der Waals surface area contributed by atoms with E-state index in [0.717, 1.165) is 49.4 Å². The number of carbonyl (C=O) groups excluding carboxylic acids is 1. The highest BCUT2D eigenvalue weighted by Crippen LogP contribution is 2.42. The van der Waals surface area contributed by atoms with Crippen LogP contribution >= 0.6 is 22.9 Å². The van der Waals surface area contributed by atoms with Crippen molar-refractivity contribution in [2.45, 2.75) is 13.8 Å². The van der Waals surface area contributed by atoms with Crippen LogP contribution in [0.15, 0.2) is 78.9 Å². The molecule has 5 aromatic rings. The first-order valence-corrected chi connectivity index (χ1v) is 12.0. The van der Waals surface area contributed by atoms with Gasteiger partial charge in [0.25, 0.3) is 5.91 Å². The number of aryl methyl sites for hydroxylation is 2. The maximum Gasteiger partial charge on any atom is 0.267 e. The van der Waals surface area contributed by atoms with Crippen LogP contribution in [0.3, 0.4) is 0 Å². The van der Waals surface area contributed by atoms with Gasteiger partial charge in [0.1, 0.15) is 9.71 Å². The van der Waals surface area contributed by atoms with Crippen molar-refractivity contribution < 1.29 is 4.79 Å². The summed E-state index contributed by atoms with van der Waals surface area (Å²) in [5.41, 5.74) is 13.5. The van der Waals surface area contributed by atoms with E-state index in [2.05, 4.69) is 5.32 Å². The van der Waals surface area contributed by atoms with Gasteiger partial charge in [-0.25, -0.2) is 4.98 Å². The lowest BCUT2D eigenvalue weighted by Gasteiger charge is -2.11. The van der Waals surface area contributed by atoms with Crippen molar-refractivity contribution >= 4 is 50.4 Å². The van der Waals surface area contributed by atoms with Crippen molar-refractivity contribution in [1.82, 2.24) is 4.98 Å². The molecule has 0 aliphatic carbocycles. The van der Waals surface area contributed by atoms with E-state index in [0.29, 0.717) is 15.6 Å². The molecule has 0 spiro atoms. The maximum absolute atomic E-state index is 13.3. The standard InChI is InChI=1S/C28H22ClN3OS/c1-16-7-6-8-17(2)25(16)32-27(33)26-24(30)23-21(18-11-13-20(29)14-12-18)15-22(31-28(23)34-26)19-9-4-3-5-10-19/h3-15H,30H2,1-2H3,(H,32,33). The van der Waals surface area contributed by atoms with Crippen LogP contribution in [-0.2, 0) is 0 Å². The summed E-state index contributed by atoms with van der Waals surface area (Å²) in [5, 5.41) is 4.49. The molecule has 0 saturated heterocycles. The zero-order valence-electron chi connectivity index (χ0n) is 18.7. The third kappa shape index (κ3) is 4.04. The summed E-state index contributed by atoms with van der Waals surface area (Å²) in [7, 11) is 0. The lowest BCUT2D eigenvalue weighted by molar-refractivity contribution is 0.103. The Morgan fingerprint density at radius 3 is 2.26 bits per heavy atom. The van der Waals surface area contributed by atoms with Gasteiger partial charge >= 0.3 is 0 Å². The Bertz CT molecular complexity index is 1510. The van der Waals surface area contributed by atoms with Crippen LogP contribution in [0.25, 0.3) is 32.6 Å². The van der Waals surface area contributed by atoms with Gasteiger partial charge in [-0.3, -0.25) is 4.79 Å². The van der Waals surface area contributed by atoms with Gasteiger partial charge in [0, 0.05) is 21.7 Å². The fraction of sp³-hybridized carbons (Fsp3) is 0.0714. The highest BCUT2D eigenvalue weighted by molar-refractivity contribution is 7.21. The molecule has 5 rings (SSSR count). The number of rotatable bonds is 4. The molecule has 0 saturated carbocycles. The molecule has 34 heavy (non-hydrogen) atoms. The van der Waals surface area contributed by atoms with Crippen LogP contribution in [-0.4, -0.2) is 10.9 Å². The second-order valence-electron chi connectivity index (χ2n) is 8.17. The molecule has 1 amide bonds. The average Bonchev–Trinajstić information content (AvgIpc) is 3.18. The second-order valence-corrected chi connectivity index (χ2v) is 9.61. The van der Waals surface area contributed by atoms with E-state index in [1.165, 1.54) is 11.3 Å². The van der Waals surface area contributed by atoms with Gasteiger partial charge in [-0.1, -0.05) is 72.3 Å². The van der Waals surface area contributed by atoms with Crippen molar-refractivity contribution in [2.75, 3.05) is 11.1 Å². The molecule has 6 heteroatoms. The number of para-hydroxylation sites is 1. The molecule has 0 unspecified atom stereocenters. The van der Waals surface area contributed by atoms with Gasteiger partial charge in [0.05, 0.1) is 11.4 Å². The SMILES string of the molecule is Cc1cccc(C)c1NC(=O)c1sc2nc(-c3ccccc3)cc(-c3ccc(Cl)cc3)c2c1N. The summed E-state index contributed by atoms with van der Waals surface area (Å²) in [5.74, 6) is -0.235. The molecule has 4 nitrogen and oxygen atoms in total. The predicted octanol–water partition coefficient (Wildman–Crippen LogP) is 7.74. The zero-order chi connectivity index (χ0) is 23.8. The zero-order valence-corrected chi connectivity index (χ0v) is 20.3. The topological polar surface area (TPSA) is 68.0 Å². The number of amides is 1. The minimum Gasteiger partial charge on any atom is -0.397 e. The van der Waals surface area contributed by atoms with E-state index in [-0.39, 0.29) is 5.91 Å². The lowest BCUT2D eigenvalue weighted by Crippen LogP contribution is -2.13. The van der Waals surface area contributed by atoms with E-state index < -0.39 is 0 Å². The van der Waals surface area contributed by atoms with Gasteiger partial charge in [-0.15, -0.1) is 11.3 Å². The summed E-state index contributed by atoms with van der Waals surface area (Å²) < 4.78 is 0. The van der Waals surface area contributed by atoms with E-state index >= 15 is 0 Å². The fourth-order valence-corrected chi connectivity index (χ4v) is 5.23. The Balaban J connectivity index is 1.68. The summed E-state index contributed by atoms with van der Waals surface area (Å²) in [4.78, 5) is 19.4. The molecule has 2 aromatic heterocycles. The fourth-order valence-electron chi connectivity index (χ4n) is 4.09. The Kier molecular flexibility index (Phi) is 5.82. The van der Waals surface area contributed by atoms with Crippen LogP contribution in [0.4, 0.5) is 11.4 Å². The molecule has 0 aliphatic rings. The number of thiophene rings is 1. The third-order valence-electron chi connectivity index (χ3n) is 5.85. The summed E-state index contributed by atoms with van der Waals surface area (Å²) in [6, 6.07) is 25.5. The van der Waals surface area contributed by atoms with Crippen LogP contribution in [0, 0.1) is 13.8 Å². The lowest BCUT2D eigenvalue weighted by atomic mass is 9.99. The molecular formula is C28H22ClN3OS. The molecule has 0 aliphatic heterocycles. The first kappa shape index (κ1) is 22.1. The van der Waals surface area contributed by atoms with Crippen molar-refractivity contribution in [3.8, 4) is 22.4 Å². The van der Waals surface area contributed by atoms with E-state index in [1.807, 2.05) is 92.7 Å². The number of pyridine rings is 1. The van der Waals surface area contributed by atoms with E-state index in [1.54, 1.807) is 0 Å². The quantitative estimate of drug-likeness (QED) is 0.274. The number of hydrogen-bond acceptors (Lipinski definition) is 4. The number of halogens is 1. The minimum absolute atomic E-state index is 0.235. The molecular weight excluding hydrogens is 462 g/mol. The number of nitrogens with one attached hydrogen (secondary N) is 1. The first-order valence-electron chi connectivity index (χ1n) is 10.8. The first-order chi connectivity index (χ1) is 16.4. The Hall–Kier alpha value is -3.67. The summed E-state index contributed by atoms with van der Waals surface area (Å²) >= 11 is 7.45. The van der Waals surface area contributed by atoms with Gasteiger partial charge in [0.15, 0.2) is 0 Å². The van der Waals surface area contributed by atoms with Crippen LogP contribution in [0.5, 0.6) is 0 Å². The van der Waals surface area contributed by atoms with E-state index in [9.17, 15) is 4.79 Å². The molecule has 0 radical (unpaired) electrons. The summed E-state index contributed by atoms with van der Waals surface area (Å²) in [6.07, 6.45) is 0. The molecule has 0 atom stereocenters. The van der Waals surface area contributed by atoms with Crippen LogP contribution in [0.2, 0.25) is 5.02 Å². The number of benzene rings is 3. The van der Waals surface area contributed by atoms with Crippen molar-refractivity contribution in [1.29, 1.82) is 0 Å². The normalized spacial score (nSPS) is 11.0. The van der Waals surface area contributed by atoms with Crippen molar-refractivity contribution in [3.63, 3.8) is 0 Å².